The second kappa shape index (κ2) is 17.7. The number of fused-ring (bicyclic) bond motifs is 6. The van der Waals surface area contributed by atoms with Crippen LogP contribution in [0.1, 0.15) is 123 Å². The lowest BCUT2D eigenvalue weighted by Crippen LogP contribution is -2.10. The molecular formula is C44H54N4O4. The molecule has 0 amide bonds. The molecule has 6 aromatic rings. The molecule has 0 atom stereocenters. The molecule has 0 unspecified atom stereocenters. The van der Waals surface area contributed by atoms with E-state index in [0.717, 1.165) is 134 Å². The van der Waals surface area contributed by atoms with E-state index in [9.17, 15) is 9.59 Å². The number of nitrogens with zero attached hydrogens (tertiary/aromatic N) is 4. The molecule has 0 aliphatic rings. The minimum atomic E-state index is -0.349. The van der Waals surface area contributed by atoms with Crippen molar-refractivity contribution < 1.29 is 19.1 Å². The lowest BCUT2D eigenvalue weighted by Gasteiger charge is -2.10. The predicted molar refractivity (Wildman–Crippen MR) is 211 cm³/mol. The van der Waals surface area contributed by atoms with Crippen molar-refractivity contribution in [2.24, 2.45) is 0 Å². The highest BCUT2D eigenvalue weighted by Gasteiger charge is 2.19. The number of rotatable bonds is 19. The van der Waals surface area contributed by atoms with Crippen molar-refractivity contribution in [2.75, 3.05) is 13.2 Å². The van der Waals surface area contributed by atoms with Crippen molar-refractivity contribution in [3.63, 3.8) is 0 Å². The largest absolute Gasteiger partial charge is 0.461 e. The zero-order valence-electron chi connectivity index (χ0n) is 31.5. The first-order valence-corrected chi connectivity index (χ1v) is 19.5. The van der Waals surface area contributed by atoms with E-state index in [1.54, 1.807) is 0 Å². The second-order valence-electron chi connectivity index (χ2n) is 14.1. The summed E-state index contributed by atoms with van der Waals surface area (Å²) in [6, 6.07) is 20.6. The third kappa shape index (κ3) is 8.16. The van der Waals surface area contributed by atoms with E-state index in [4.69, 9.17) is 9.47 Å². The van der Waals surface area contributed by atoms with Crippen LogP contribution in [0.25, 0.3) is 43.6 Å². The zero-order valence-corrected chi connectivity index (χ0v) is 31.5. The van der Waals surface area contributed by atoms with Gasteiger partial charge in [-0.1, -0.05) is 102 Å². The molecule has 274 valence electrons. The molecular weight excluding hydrogens is 649 g/mol. The predicted octanol–water partition coefficient (Wildman–Crippen LogP) is 11.0. The Morgan fingerprint density at radius 2 is 0.923 bits per heavy atom. The van der Waals surface area contributed by atoms with Gasteiger partial charge in [-0.2, -0.15) is 0 Å². The molecule has 8 heteroatoms. The summed E-state index contributed by atoms with van der Waals surface area (Å²) in [5.41, 5.74) is 7.07. The summed E-state index contributed by atoms with van der Waals surface area (Å²) in [7, 11) is 0. The van der Waals surface area contributed by atoms with Gasteiger partial charge in [-0.15, -0.1) is 0 Å². The highest BCUT2D eigenvalue weighted by Crippen LogP contribution is 2.33. The number of para-hydroxylation sites is 2. The minimum absolute atomic E-state index is 0.349. The number of ether oxygens (including phenoxy) is 2. The Hall–Kier alpha value is -4.72. The number of esters is 2. The van der Waals surface area contributed by atoms with Crippen LogP contribution in [-0.2, 0) is 22.6 Å². The smallest absolute Gasteiger partial charge is 0.356 e. The lowest BCUT2D eigenvalue weighted by atomic mass is 10.1. The third-order valence-corrected chi connectivity index (χ3v) is 10.2. The molecule has 0 aliphatic carbocycles. The third-order valence-electron chi connectivity index (χ3n) is 10.2. The fourth-order valence-electron chi connectivity index (χ4n) is 7.59. The van der Waals surface area contributed by atoms with Crippen molar-refractivity contribution >= 4 is 55.6 Å². The number of aryl methyl sites for hydroxylation is 4. The van der Waals surface area contributed by atoms with Gasteiger partial charge in [0.25, 0.3) is 0 Å². The highest BCUT2D eigenvalue weighted by atomic mass is 16.5. The topological polar surface area (TPSA) is 88.2 Å². The van der Waals surface area contributed by atoms with Gasteiger partial charge in [-0.3, -0.25) is 0 Å². The summed E-state index contributed by atoms with van der Waals surface area (Å²) in [4.78, 5) is 35.2. The summed E-state index contributed by atoms with van der Waals surface area (Å²) in [6.07, 6.45) is 12.7. The molecule has 2 aromatic carbocycles. The van der Waals surface area contributed by atoms with E-state index in [2.05, 4.69) is 69.3 Å². The molecule has 0 bridgehead atoms. The summed E-state index contributed by atoms with van der Waals surface area (Å²) >= 11 is 0. The first-order chi connectivity index (χ1) is 25.4. The first kappa shape index (κ1) is 37.1. The Balaban J connectivity index is 0.880. The van der Waals surface area contributed by atoms with Crippen molar-refractivity contribution in [3.8, 4) is 0 Å². The van der Waals surface area contributed by atoms with Gasteiger partial charge in [-0.05, 0) is 63.8 Å². The molecule has 0 saturated heterocycles. The summed E-state index contributed by atoms with van der Waals surface area (Å²) in [5, 5.41) is 4.43. The monoisotopic (exact) mass is 702 g/mol. The van der Waals surface area contributed by atoms with Gasteiger partial charge in [0.1, 0.15) is 11.4 Å². The Morgan fingerprint density at radius 3 is 1.33 bits per heavy atom. The lowest BCUT2D eigenvalue weighted by molar-refractivity contribution is 0.0480. The number of benzene rings is 2. The van der Waals surface area contributed by atoms with E-state index in [0.29, 0.717) is 24.6 Å². The van der Waals surface area contributed by atoms with Crippen LogP contribution in [0.5, 0.6) is 0 Å². The van der Waals surface area contributed by atoms with Crippen molar-refractivity contribution in [1.29, 1.82) is 0 Å². The number of unbranched alkanes of at least 4 members (excludes halogenated alkanes) is 9. The Bertz CT molecular complexity index is 2010. The fourth-order valence-corrected chi connectivity index (χ4v) is 7.59. The van der Waals surface area contributed by atoms with Crippen molar-refractivity contribution in [1.82, 2.24) is 19.1 Å². The van der Waals surface area contributed by atoms with E-state index in [1.165, 1.54) is 11.0 Å². The van der Waals surface area contributed by atoms with Gasteiger partial charge < -0.3 is 18.6 Å². The van der Waals surface area contributed by atoms with Crippen LogP contribution in [-0.4, -0.2) is 44.3 Å². The molecule has 0 N–H and O–H groups in total. The SMILES string of the molecule is CCCCn1c2ccccc2c2cc(C(=O)OCCCCCCCCCCOC(=O)c3cc4c5ccccc5n(CCCC)c4c(C)n3)nc(C)c21. The number of hydrogen-bond donors (Lipinski definition) is 0. The normalized spacial score (nSPS) is 11.7. The molecule has 4 heterocycles. The van der Waals surface area contributed by atoms with E-state index in [1.807, 2.05) is 38.1 Å². The molecule has 6 rings (SSSR count). The molecule has 0 fully saturated rings. The van der Waals surface area contributed by atoms with Gasteiger partial charge in [0, 0.05) is 45.7 Å². The van der Waals surface area contributed by atoms with E-state index in [-0.39, 0.29) is 11.9 Å². The summed E-state index contributed by atoms with van der Waals surface area (Å²) in [5.74, 6) is -0.699. The molecule has 52 heavy (non-hydrogen) atoms. The molecule has 0 spiro atoms. The van der Waals surface area contributed by atoms with Crippen molar-refractivity contribution in [2.45, 2.75) is 118 Å². The Labute approximate surface area is 307 Å². The standard InChI is InChI=1S/C44H54N4O4/c1-5-7-25-47-39-23-17-15-21-33(39)35-29-37(45-31(3)41(35)47)43(49)51-27-19-13-11-9-10-12-14-20-28-52-44(50)38-30-36-34-22-16-18-24-40(34)48(26-8-6-2)42(36)32(4)46-38/h15-18,21-24,29-30H,5-14,19-20,25-28H2,1-4H3. The fraction of sp³-hybridized carbons (Fsp3) is 0.455. The van der Waals surface area contributed by atoms with Crippen LogP contribution < -0.4 is 0 Å². The highest BCUT2D eigenvalue weighted by molar-refractivity contribution is 6.11. The van der Waals surface area contributed by atoms with Crippen LogP contribution >= 0.6 is 0 Å². The summed E-state index contributed by atoms with van der Waals surface area (Å²) < 4.78 is 16.0. The average molecular weight is 703 g/mol. The molecule has 0 aliphatic heterocycles. The quantitative estimate of drug-likeness (QED) is 0.0617. The van der Waals surface area contributed by atoms with E-state index < -0.39 is 0 Å². The van der Waals surface area contributed by atoms with Gasteiger partial charge in [0.15, 0.2) is 0 Å². The van der Waals surface area contributed by atoms with Crippen molar-refractivity contribution in [3.05, 3.63) is 83.4 Å². The number of pyridine rings is 2. The first-order valence-electron chi connectivity index (χ1n) is 19.5. The maximum Gasteiger partial charge on any atom is 0.356 e. The molecule has 4 aromatic heterocycles. The molecule has 0 radical (unpaired) electrons. The maximum absolute atomic E-state index is 13.0. The van der Waals surface area contributed by atoms with Crippen LogP contribution in [0, 0.1) is 13.8 Å². The summed E-state index contributed by atoms with van der Waals surface area (Å²) in [6.45, 7) is 11.1. The van der Waals surface area contributed by atoms with Gasteiger partial charge in [-0.25, -0.2) is 19.6 Å². The molecule has 0 saturated carbocycles. The maximum atomic E-state index is 13.0. The Morgan fingerprint density at radius 1 is 0.538 bits per heavy atom. The van der Waals surface area contributed by atoms with Gasteiger partial charge in [0.05, 0.1) is 35.6 Å². The number of aromatic nitrogens is 4. The number of hydrogen-bond acceptors (Lipinski definition) is 6. The van der Waals surface area contributed by atoms with Crippen LogP contribution in [0.2, 0.25) is 0 Å². The minimum Gasteiger partial charge on any atom is -0.461 e. The number of carbonyl (C=O) groups excluding carboxylic acids is 2. The average Bonchev–Trinajstić information content (AvgIpc) is 3.66. The second-order valence-corrected chi connectivity index (χ2v) is 14.1. The Kier molecular flexibility index (Phi) is 12.6. The molecule has 8 nitrogen and oxygen atoms in total. The van der Waals surface area contributed by atoms with Crippen LogP contribution in [0.3, 0.4) is 0 Å². The zero-order chi connectivity index (χ0) is 36.5. The van der Waals surface area contributed by atoms with E-state index >= 15 is 0 Å². The number of carbonyl (C=O) groups is 2. The van der Waals surface area contributed by atoms with Gasteiger partial charge in [0.2, 0.25) is 0 Å². The van der Waals surface area contributed by atoms with Crippen LogP contribution in [0.4, 0.5) is 0 Å². The van der Waals surface area contributed by atoms with Crippen LogP contribution in [0.15, 0.2) is 60.7 Å². The van der Waals surface area contributed by atoms with Gasteiger partial charge >= 0.3 is 11.9 Å².